The topological polar surface area (TPSA) is 79.0 Å². The Balaban J connectivity index is 2.11. The molecule has 6 heteroatoms. The van der Waals surface area contributed by atoms with Crippen LogP contribution >= 0.6 is 0 Å². The van der Waals surface area contributed by atoms with Crippen molar-refractivity contribution in [2.75, 3.05) is 13.1 Å². The minimum Gasteiger partial charge on any atom is -0.339 e. The average molecular weight is 274 g/mol. The van der Waals surface area contributed by atoms with Gasteiger partial charge in [0.25, 0.3) is 5.56 Å². The number of carbonyl (C=O) groups excluding carboxylic acids is 1. The number of carbonyl (C=O) groups is 1. The predicted molar refractivity (Wildman–Crippen MR) is 72.8 cm³/mol. The zero-order chi connectivity index (χ0) is 14.8. The summed E-state index contributed by atoms with van der Waals surface area (Å²) in [6.45, 7) is 4.62. The molecule has 1 saturated heterocycles. The molecule has 1 aromatic heterocycles. The van der Waals surface area contributed by atoms with Crippen LogP contribution in [0.5, 0.6) is 0 Å². The molecule has 106 valence electrons. The zero-order valence-electron chi connectivity index (χ0n) is 11.8. The summed E-state index contributed by atoms with van der Waals surface area (Å²) in [5.74, 6) is -0.161. The van der Waals surface area contributed by atoms with Crippen molar-refractivity contribution in [3.05, 3.63) is 28.2 Å². The molecule has 0 aromatic carbocycles. The minimum atomic E-state index is -0.487. The summed E-state index contributed by atoms with van der Waals surface area (Å²) < 4.78 is 1.18. The van der Waals surface area contributed by atoms with E-state index in [4.69, 9.17) is 5.26 Å². The molecule has 6 nitrogen and oxygen atoms in total. The van der Waals surface area contributed by atoms with Gasteiger partial charge in [-0.05, 0) is 32.8 Å². The second-order valence-corrected chi connectivity index (χ2v) is 5.56. The number of rotatable bonds is 2. The maximum absolute atomic E-state index is 12.3. The number of piperidine rings is 1. The zero-order valence-corrected chi connectivity index (χ0v) is 11.8. The third-order valence-corrected chi connectivity index (χ3v) is 3.60. The Bertz CT molecular complexity index is 616. The molecule has 0 radical (unpaired) electrons. The Labute approximate surface area is 117 Å². The lowest BCUT2D eigenvalue weighted by atomic mass is 9.83. The van der Waals surface area contributed by atoms with Crippen molar-refractivity contribution in [1.82, 2.24) is 14.7 Å². The first-order chi connectivity index (χ1) is 9.43. The fraction of sp³-hybridized carbons (Fsp3) is 0.571. The molecule has 2 rings (SSSR count). The van der Waals surface area contributed by atoms with E-state index in [-0.39, 0.29) is 18.0 Å². The molecule has 20 heavy (non-hydrogen) atoms. The number of hydrogen-bond acceptors (Lipinski definition) is 4. The van der Waals surface area contributed by atoms with E-state index in [0.717, 1.165) is 12.8 Å². The third-order valence-electron chi connectivity index (χ3n) is 3.60. The molecular formula is C14H18N4O2. The van der Waals surface area contributed by atoms with Crippen LogP contribution in [0.3, 0.4) is 0 Å². The minimum absolute atomic E-state index is 0.0674. The maximum atomic E-state index is 12.3. The van der Waals surface area contributed by atoms with E-state index in [9.17, 15) is 9.59 Å². The van der Waals surface area contributed by atoms with Crippen LogP contribution in [0.1, 0.15) is 25.5 Å². The second-order valence-electron chi connectivity index (χ2n) is 5.56. The van der Waals surface area contributed by atoms with Crippen LogP contribution in [0.15, 0.2) is 16.9 Å². The van der Waals surface area contributed by atoms with Crippen molar-refractivity contribution in [3.63, 3.8) is 0 Å². The Hall–Kier alpha value is -2.16. The maximum Gasteiger partial charge on any atom is 0.267 e. The Kier molecular flexibility index (Phi) is 3.89. The smallest absolute Gasteiger partial charge is 0.267 e. The summed E-state index contributed by atoms with van der Waals surface area (Å²) in [4.78, 5) is 25.6. The summed E-state index contributed by atoms with van der Waals surface area (Å²) in [7, 11) is 0. The third kappa shape index (κ3) is 3.05. The first kappa shape index (κ1) is 14.3. The van der Waals surface area contributed by atoms with Crippen molar-refractivity contribution in [2.45, 2.75) is 33.2 Å². The molecule has 0 bridgehead atoms. The average Bonchev–Trinajstić information content (AvgIpc) is 2.43. The van der Waals surface area contributed by atoms with Gasteiger partial charge in [-0.1, -0.05) is 0 Å². The van der Waals surface area contributed by atoms with Gasteiger partial charge in [0.15, 0.2) is 0 Å². The van der Waals surface area contributed by atoms with Gasteiger partial charge in [-0.3, -0.25) is 9.59 Å². The van der Waals surface area contributed by atoms with Gasteiger partial charge in [0, 0.05) is 19.2 Å². The van der Waals surface area contributed by atoms with E-state index < -0.39 is 5.41 Å². The van der Waals surface area contributed by atoms with Gasteiger partial charge in [-0.2, -0.15) is 10.4 Å². The largest absolute Gasteiger partial charge is 0.339 e. The fourth-order valence-corrected chi connectivity index (χ4v) is 2.44. The molecule has 0 N–H and O–H groups in total. The highest BCUT2D eigenvalue weighted by atomic mass is 16.2. The number of nitriles is 1. The lowest BCUT2D eigenvalue weighted by molar-refractivity contribution is -0.134. The SMILES string of the molecule is Cc1ccc(=O)n(CC(=O)N2CCC[C@](C)(C#N)C2)n1. The molecule has 1 aliphatic rings. The molecule has 1 amide bonds. The van der Waals surface area contributed by atoms with Crippen molar-refractivity contribution < 1.29 is 4.79 Å². The van der Waals surface area contributed by atoms with Gasteiger partial charge in [-0.25, -0.2) is 4.68 Å². The number of amides is 1. The van der Waals surface area contributed by atoms with E-state index in [1.165, 1.54) is 10.7 Å². The van der Waals surface area contributed by atoms with Crippen LogP contribution in [-0.4, -0.2) is 33.7 Å². The highest BCUT2D eigenvalue weighted by Gasteiger charge is 2.33. The molecule has 1 fully saturated rings. The number of aromatic nitrogens is 2. The molecular weight excluding hydrogens is 256 g/mol. The summed E-state index contributed by atoms with van der Waals surface area (Å²) in [5.41, 5.74) is -0.0827. The molecule has 0 aliphatic carbocycles. The first-order valence-electron chi connectivity index (χ1n) is 6.67. The van der Waals surface area contributed by atoms with E-state index in [2.05, 4.69) is 11.2 Å². The quantitative estimate of drug-likeness (QED) is 0.795. The van der Waals surface area contributed by atoms with Crippen LogP contribution in [0.25, 0.3) is 0 Å². The Morgan fingerprint density at radius 2 is 2.30 bits per heavy atom. The lowest BCUT2D eigenvalue weighted by Crippen LogP contribution is -2.46. The highest BCUT2D eigenvalue weighted by molar-refractivity contribution is 5.76. The molecule has 0 saturated carbocycles. The molecule has 1 aliphatic heterocycles. The Morgan fingerprint density at radius 1 is 1.55 bits per heavy atom. The van der Waals surface area contributed by atoms with Crippen molar-refractivity contribution in [3.8, 4) is 6.07 Å². The van der Waals surface area contributed by atoms with Gasteiger partial charge < -0.3 is 4.90 Å². The van der Waals surface area contributed by atoms with Crippen molar-refractivity contribution >= 4 is 5.91 Å². The number of likely N-dealkylation sites (tertiary alicyclic amines) is 1. The van der Waals surface area contributed by atoms with Gasteiger partial charge in [0.2, 0.25) is 5.91 Å². The fourth-order valence-electron chi connectivity index (χ4n) is 2.44. The summed E-state index contributed by atoms with van der Waals surface area (Å²) in [6, 6.07) is 5.30. The normalized spacial score (nSPS) is 22.4. The van der Waals surface area contributed by atoms with Crippen molar-refractivity contribution in [1.29, 1.82) is 5.26 Å². The van der Waals surface area contributed by atoms with Crippen LogP contribution in [0, 0.1) is 23.7 Å². The highest BCUT2D eigenvalue weighted by Crippen LogP contribution is 2.28. The van der Waals surface area contributed by atoms with E-state index in [1.807, 2.05) is 6.92 Å². The van der Waals surface area contributed by atoms with Gasteiger partial charge in [0.05, 0.1) is 17.2 Å². The van der Waals surface area contributed by atoms with Crippen LogP contribution < -0.4 is 5.56 Å². The monoisotopic (exact) mass is 274 g/mol. The predicted octanol–water partition coefficient (Wildman–Crippen LogP) is 0.704. The van der Waals surface area contributed by atoms with Crippen LogP contribution in [0.4, 0.5) is 0 Å². The van der Waals surface area contributed by atoms with Gasteiger partial charge in [-0.15, -0.1) is 0 Å². The molecule has 0 unspecified atom stereocenters. The molecule has 0 spiro atoms. The van der Waals surface area contributed by atoms with E-state index in [1.54, 1.807) is 17.9 Å². The molecule has 1 aromatic rings. The van der Waals surface area contributed by atoms with Crippen molar-refractivity contribution in [2.24, 2.45) is 5.41 Å². The van der Waals surface area contributed by atoms with Gasteiger partial charge >= 0.3 is 0 Å². The van der Waals surface area contributed by atoms with E-state index in [0.29, 0.717) is 18.8 Å². The van der Waals surface area contributed by atoms with Gasteiger partial charge in [0.1, 0.15) is 6.54 Å². The van der Waals surface area contributed by atoms with Crippen LogP contribution in [0.2, 0.25) is 0 Å². The lowest BCUT2D eigenvalue weighted by Gasteiger charge is -2.35. The number of aryl methyl sites for hydroxylation is 1. The number of hydrogen-bond donors (Lipinski definition) is 0. The summed E-state index contributed by atoms with van der Waals surface area (Å²) >= 11 is 0. The first-order valence-corrected chi connectivity index (χ1v) is 6.67. The second kappa shape index (κ2) is 5.45. The summed E-state index contributed by atoms with van der Waals surface area (Å²) in [6.07, 6.45) is 1.61. The Morgan fingerprint density at radius 3 is 3.00 bits per heavy atom. The van der Waals surface area contributed by atoms with E-state index >= 15 is 0 Å². The number of nitrogens with zero attached hydrogens (tertiary/aromatic N) is 4. The molecule has 2 heterocycles. The standard InChI is InChI=1S/C14H18N4O2/c1-11-4-5-12(19)18(16-11)8-13(20)17-7-3-6-14(2,9-15)10-17/h4-5H,3,6-8,10H2,1-2H3/t14-/m1/s1. The van der Waals surface area contributed by atoms with Crippen LogP contribution in [-0.2, 0) is 11.3 Å². The summed E-state index contributed by atoms with van der Waals surface area (Å²) in [5, 5.41) is 13.2. The molecule has 1 atom stereocenters.